The quantitative estimate of drug-likeness (QED) is 0.716. The third kappa shape index (κ3) is 1.93. The third-order valence-corrected chi connectivity index (χ3v) is 3.57. The summed E-state index contributed by atoms with van der Waals surface area (Å²) in [6, 6.07) is 3.70. The van der Waals surface area contributed by atoms with Gasteiger partial charge in [-0.25, -0.2) is 0 Å². The lowest BCUT2D eigenvalue weighted by Crippen LogP contribution is -2.11. The Kier molecular flexibility index (Phi) is 2.77. The van der Waals surface area contributed by atoms with Gasteiger partial charge in [0.1, 0.15) is 5.78 Å². The van der Waals surface area contributed by atoms with E-state index in [2.05, 4.69) is 0 Å². The molecule has 0 N–H and O–H groups in total. The normalized spacial score (nSPS) is 21.4. The zero-order valence-electron chi connectivity index (χ0n) is 7.86. The fourth-order valence-electron chi connectivity index (χ4n) is 1.87. The van der Waals surface area contributed by atoms with Gasteiger partial charge in [-0.1, -0.05) is 6.07 Å². The van der Waals surface area contributed by atoms with Crippen LogP contribution in [0.1, 0.15) is 35.4 Å². The summed E-state index contributed by atoms with van der Waals surface area (Å²) in [5.74, 6) is 0.403. The van der Waals surface area contributed by atoms with Gasteiger partial charge in [-0.15, -0.1) is 11.3 Å². The molecule has 0 bridgehead atoms. The lowest BCUT2D eigenvalue weighted by atomic mass is 9.99. The average molecular weight is 208 g/mol. The van der Waals surface area contributed by atoms with E-state index in [-0.39, 0.29) is 17.5 Å². The fraction of sp³-hybridized carbons (Fsp3) is 0.455. The summed E-state index contributed by atoms with van der Waals surface area (Å²) < 4.78 is 0. The molecule has 1 heterocycles. The molecular formula is C11H12O2S. The van der Waals surface area contributed by atoms with Gasteiger partial charge in [-0.3, -0.25) is 9.59 Å². The van der Waals surface area contributed by atoms with Crippen molar-refractivity contribution in [1.82, 2.24) is 0 Å². The summed E-state index contributed by atoms with van der Waals surface area (Å²) in [6.45, 7) is 0. The molecule has 0 aromatic carbocycles. The van der Waals surface area contributed by atoms with Crippen molar-refractivity contribution in [3.63, 3.8) is 0 Å². The largest absolute Gasteiger partial charge is 0.299 e. The van der Waals surface area contributed by atoms with Gasteiger partial charge >= 0.3 is 0 Å². The van der Waals surface area contributed by atoms with Crippen LogP contribution in [0.2, 0.25) is 0 Å². The third-order valence-electron chi connectivity index (χ3n) is 2.66. The van der Waals surface area contributed by atoms with Gasteiger partial charge in [-0.05, 0) is 24.3 Å². The zero-order chi connectivity index (χ0) is 9.97. The monoisotopic (exact) mass is 208 g/mol. The van der Waals surface area contributed by atoms with Gasteiger partial charge in [0, 0.05) is 18.8 Å². The maximum atomic E-state index is 11.7. The second kappa shape index (κ2) is 4.05. The molecule has 2 rings (SSSR count). The van der Waals surface area contributed by atoms with Crippen LogP contribution in [0, 0.1) is 5.92 Å². The van der Waals surface area contributed by atoms with E-state index >= 15 is 0 Å². The summed E-state index contributed by atoms with van der Waals surface area (Å²) >= 11 is 1.45. The van der Waals surface area contributed by atoms with Crippen LogP contribution in [0.15, 0.2) is 17.5 Å². The van der Waals surface area contributed by atoms with Crippen LogP contribution in [0.4, 0.5) is 0 Å². The van der Waals surface area contributed by atoms with Gasteiger partial charge in [-0.2, -0.15) is 0 Å². The minimum atomic E-state index is 0.00426. The molecule has 0 saturated heterocycles. The lowest BCUT2D eigenvalue weighted by Gasteiger charge is -2.04. The number of ketones is 2. The van der Waals surface area contributed by atoms with E-state index in [9.17, 15) is 9.59 Å². The summed E-state index contributed by atoms with van der Waals surface area (Å²) in [5, 5.41) is 1.89. The molecule has 2 nitrogen and oxygen atoms in total. The number of Topliss-reactive ketones (excluding diaryl/α,β-unsaturated/α-hetero) is 2. The van der Waals surface area contributed by atoms with E-state index in [4.69, 9.17) is 0 Å². The highest BCUT2D eigenvalue weighted by atomic mass is 32.1. The molecule has 74 valence electrons. The summed E-state index contributed by atoms with van der Waals surface area (Å²) in [5.41, 5.74) is 0. The van der Waals surface area contributed by atoms with Crippen molar-refractivity contribution in [3.8, 4) is 0 Å². The fourth-order valence-corrected chi connectivity index (χ4v) is 2.54. The minimum Gasteiger partial charge on any atom is -0.299 e. The molecule has 1 aromatic heterocycles. The summed E-state index contributed by atoms with van der Waals surface area (Å²) in [7, 11) is 0. The molecule has 1 aliphatic rings. The van der Waals surface area contributed by atoms with Gasteiger partial charge < -0.3 is 0 Å². The van der Waals surface area contributed by atoms with Crippen LogP contribution < -0.4 is 0 Å². The van der Waals surface area contributed by atoms with Crippen LogP contribution in [-0.2, 0) is 4.79 Å². The van der Waals surface area contributed by atoms with Crippen LogP contribution in [0.25, 0.3) is 0 Å². The zero-order valence-corrected chi connectivity index (χ0v) is 8.68. The smallest absolute Gasteiger partial charge is 0.173 e. The number of carbonyl (C=O) groups excluding carboxylic acids is 2. The van der Waals surface area contributed by atoms with Crippen molar-refractivity contribution in [2.45, 2.75) is 25.7 Å². The predicted octanol–water partition coefficient (Wildman–Crippen LogP) is 2.69. The number of hydrogen-bond donors (Lipinski definition) is 0. The number of carbonyl (C=O) groups is 2. The Morgan fingerprint density at radius 1 is 1.57 bits per heavy atom. The Balaban J connectivity index is 1.98. The van der Waals surface area contributed by atoms with Crippen molar-refractivity contribution >= 4 is 22.9 Å². The Labute approximate surface area is 86.9 Å². The number of rotatable bonds is 3. The minimum absolute atomic E-state index is 0.00426. The summed E-state index contributed by atoms with van der Waals surface area (Å²) in [6.07, 6.45) is 2.94. The van der Waals surface area contributed by atoms with Gasteiger partial charge in [0.15, 0.2) is 5.78 Å². The molecule has 1 aliphatic carbocycles. The van der Waals surface area contributed by atoms with E-state index in [1.165, 1.54) is 11.3 Å². The first-order valence-corrected chi connectivity index (χ1v) is 5.75. The molecule has 14 heavy (non-hydrogen) atoms. The Bertz CT molecular complexity index is 340. The van der Waals surface area contributed by atoms with Crippen molar-refractivity contribution in [3.05, 3.63) is 22.4 Å². The molecule has 1 atom stereocenters. The maximum Gasteiger partial charge on any atom is 0.173 e. The predicted molar refractivity (Wildman–Crippen MR) is 55.6 cm³/mol. The summed E-state index contributed by atoms with van der Waals surface area (Å²) in [4.78, 5) is 23.8. The molecule has 0 spiro atoms. The molecular weight excluding hydrogens is 196 g/mol. The molecule has 0 amide bonds. The van der Waals surface area contributed by atoms with Gasteiger partial charge in [0.25, 0.3) is 0 Å². The average Bonchev–Trinajstić information content (AvgIpc) is 2.77. The highest BCUT2D eigenvalue weighted by Gasteiger charge is 2.26. The Morgan fingerprint density at radius 2 is 2.43 bits per heavy atom. The highest BCUT2D eigenvalue weighted by Crippen LogP contribution is 2.26. The first-order chi connectivity index (χ1) is 6.77. The Hall–Kier alpha value is -0.960. The second-order valence-corrected chi connectivity index (χ2v) is 4.61. The molecule has 1 fully saturated rings. The number of hydrogen-bond acceptors (Lipinski definition) is 3. The van der Waals surface area contributed by atoms with E-state index < -0.39 is 0 Å². The first-order valence-electron chi connectivity index (χ1n) is 4.87. The molecule has 1 aromatic rings. The molecule has 1 saturated carbocycles. The van der Waals surface area contributed by atoms with Crippen molar-refractivity contribution in [1.29, 1.82) is 0 Å². The van der Waals surface area contributed by atoms with Crippen molar-refractivity contribution < 1.29 is 9.59 Å². The van der Waals surface area contributed by atoms with Crippen molar-refractivity contribution in [2.75, 3.05) is 0 Å². The SMILES string of the molecule is O=C(CC1CCCC1=O)c1cccs1. The first kappa shape index (κ1) is 9.59. The van der Waals surface area contributed by atoms with E-state index in [0.717, 1.165) is 17.7 Å². The molecule has 0 radical (unpaired) electrons. The van der Waals surface area contributed by atoms with E-state index in [1.807, 2.05) is 17.5 Å². The van der Waals surface area contributed by atoms with Gasteiger partial charge in [0.05, 0.1) is 4.88 Å². The lowest BCUT2D eigenvalue weighted by molar-refractivity contribution is -0.120. The van der Waals surface area contributed by atoms with Crippen LogP contribution >= 0.6 is 11.3 Å². The highest BCUT2D eigenvalue weighted by molar-refractivity contribution is 7.12. The van der Waals surface area contributed by atoms with Crippen molar-refractivity contribution in [2.24, 2.45) is 5.92 Å². The maximum absolute atomic E-state index is 11.7. The topological polar surface area (TPSA) is 34.1 Å². The van der Waals surface area contributed by atoms with E-state index in [1.54, 1.807) is 0 Å². The van der Waals surface area contributed by atoms with Crippen LogP contribution in [0.3, 0.4) is 0 Å². The van der Waals surface area contributed by atoms with Crippen LogP contribution in [0.5, 0.6) is 0 Å². The standard InChI is InChI=1S/C11H12O2S/c12-9-4-1-3-8(9)7-10(13)11-5-2-6-14-11/h2,5-6,8H,1,3-4,7H2. The molecule has 3 heteroatoms. The molecule has 1 unspecified atom stereocenters. The van der Waals surface area contributed by atoms with E-state index in [0.29, 0.717) is 12.8 Å². The number of thiophene rings is 1. The molecule has 0 aliphatic heterocycles. The Morgan fingerprint density at radius 3 is 3.00 bits per heavy atom. The van der Waals surface area contributed by atoms with Crippen LogP contribution in [-0.4, -0.2) is 11.6 Å². The van der Waals surface area contributed by atoms with Gasteiger partial charge in [0.2, 0.25) is 0 Å². The second-order valence-electron chi connectivity index (χ2n) is 3.66.